The maximum atomic E-state index is 6.18. The van der Waals surface area contributed by atoms with Crippen molar-refractivity contribution in [2.24, 2.45) is 0 Å². The lowest BCUT2D eigenvalue weighted by atomic mass is 10.1. The predicted octanol–water partition coefficient (Wildman–Crippen LogP) is 3.92. The minimum Gasteiger partial charge on any atom is -0.368 e. The van der Waals surface area contributed by atoms with Crippen LogP contribution >= 0.6 is 22.9 Å². The summed E-state index contributed by atoms with van der Waals surface area (Å²) < 4.78 is 5.65. The molecule has 2 heterocycles. The molecule has 0 amide bonds. The summed E-state index contributed by atoms with van der Waals surface area (Å²) >= 11 is 7.81. The number of thiophene rings is 1. The van der Waals surface area contributed by atoms with Gasteiger partial charge in [0.1, 0.15) is 15.6 Å². The molecule has 0 spiro atoms. The Balaban J connectivity index is 2.56. The fourth-order valence-electron chi connectivity index (χ4n) is 1.70. The zero-order chi connectivity index (χ0) is 12.6. The van der Waals surface area contributed by atoms with Gasteiger partial charge in [-0.15, -0.1) is 11.3 Å². The topological polar surface area (TPSA) is 35.0 Å². The fraction of sp³-hybridized carbons (Fsp3) is 0.500. The molecule has 0 aliphatic rings. The molecule has 3 nitrogen and oxygen atoms in total. The van der Waals surface area contributed by atoms with Gasteiger partial charge in [-0.25, -0.2) is 9.97 Å². The first-order valence-electron chi connectivity index (χ1n) is 5.52. The molecule has 0 atom stereocenters. The van der Waals surface area contributed by atoms with Crippen LogP contribution in [0.4, 0.5) is 0 Å². The van der Waals surface area contributed by atoms with Crippen molar-refractivity contribution in [1.29, 1.82) is 0 Å². The number of ether oxygens (including phenoxy) is 1. The number of rotatable bonds is 3. The van der Waals surface area contributed by atoms with Crippen molar-refractivity contribution >= 4 is 33.2 Å². The Bertz CT molecular complexity index is 551. The first-order valence-corrected chi connectivity index (χ1v) is 6.71. The van der Waals surface area contributed by atoms with Crippen LogP contribution in [-0.2, 0) is 10.3 Å². The molecular formula is C12H15ClN2OS. The Morgan fingerprint density at radius 3 is 2.76 bits per heavy atom. The highest BCUT2D eigenvalue weighted by Gasteiger charge is 2.25. The summed E-state index contributed by atoms with van der Waals surface area (Å²) in [5.74, 6) is 0.638. The van der Waals surface area contributed by atoms with Crippen molar-refractivity contribution in [3.8, 4) is 0 Å². The molecule has 0 unspecified atom stereocenters. The first-order chi connectivity index (χ1) is 7.94. The summed E-state index contributed by atoms with van der Waals surface area (Å²) in [5, 5.41) is 1.42. The molecule has 2 rings (SSSR count). The van der Waals surface area contributed by atoms with Crippen molar-refractivity contribution < 1.29 is 4.74 Å². The third-order valence-electron chi connectivity index (χ3n) is 2.51. The van der Waals surface area contributed by atoms with Crippen LogP contribution in [0, 0.1) is 6.92 Å². The van der Waals surface area contributed by atoms with E-state index in [0.29, 0.717) is 17.6 Å². The second-order valence-corrected chi connectivity index (χ2v) is 5.95. The summed E-state index contributed by atoms with van der Waals surface area (Å²) in [6.45, 7) is 8.52. The van der Waals surface area contributed by atoms with E-state index < -0.39 is 5.60 Å². The van der Waals surface area contributed by atoms with Gasteiger partial charge in [0, 0.05) is 16.9 Å². The zero-order valence-electron chi connectivity index (χ0n) is 10.4. The maximum Gasteiger partial charge on any atom is 0.162 e. The average Bonchev–Trinajstić information content (AvgIpc) is 2.59. The minimum absolute atomic E-state index is 0.502. The Morgan fingerprint density at radius 2 is 2.12 bits per heavy atom. The van der Waals surface area contributed by atoms with E-state index >= 15 is 0 Å². The van der Waals surface area contributed by atoms with Gasteiger partial charge in [0.25, 0.3) is 0 Å². The molecule has 0 fully saturated rings. The Morgan fingerprint density at radius 1 is 1.41 bits per heavy atom. The number of aromatic nitrogens is 2. The normalized spacial score (nSPS) is 12.3. The SMILES string of the molecule is CCOC(C)(C)c1nc(Cl)c2cc(C)sc2n1. The fourth-order valence-corrected chi connectivity index (χ4v) is 2.86. The van der Waals surface area contributed by atoms with Gasteiger partial charge in [-0.2, -0.15) is 0 Å². The van der Waals surface area contributed by atoms with Crippen molar-refractivity contribution in [2.45, 2.75) is 33.3 Å². The molecule has 2 aromatic rings. The van der Waals surface area contributed by atoms with Gasteiger partial charge in [0.2, 0.25) is 0 Å². The molecular weight excluding hydrogens is 256 g/mol. The van der Waals surface area contributed by atoms with Crippen LogP contribution in [0.25, 0.3) is 10.2 Å². The highest BCUT2D eigenvalue weighted by molar-refractivity contribution is 7.18. The van der Waals surface area contributed by atoms with E-state index in [9.17, 15) is 0 Å². The quantitative estimate of drug-likeness (QED) is 0.793. The van der Waals surface area contributed by atoms with Gasteiger partial charge in [-0.3, -0.25) is 0 Å². The largest absolute Gasteiger partial charge is 0.368 e. The number of hydrogen-bond acceptors (Lipinski definition) is 4. The van der Waals surface area contributed by atoms with Gasteiger partial charge in [0.05, 0.1) is 0 Å². The third kappa shape index (κ3) is 2.44. The summed E-state index contributed by atoms with van der Waals surface area (Å²) in [6.07, 6.45) is 0. The zero-order valence-corrected chi connectivity index (χ0v) is 11.9. The van der Waals surface area contributed by atoms with Crippen molar-refractivity contribution in [3.05, 3.63) is 21.9 Å². The minimum atomic E-state index is -0.509. The summed E-state index contributed by atoms with van der Waals surface area (Å²) in [4.78, 5) is 11.0. The monoisotopic (exact) mass is 270 g/mol. The van der Waals surface area contributed by atoms with Gasteiger partial charge >= 0.3 is 0 Å². The third-order valence-corrected chi connectivity index (χ3v) is 3.75. The smallest absolute Gasteiger partial charge is 0.162 e. The maximum absolute atomic E-state index is 6.18. The Hall–Kier alpha value is -0.710. The van der Waals surface area contributed by atoms with E-state index in [4.69, 9.17) is 16.3 Å². The molecule has 92 valence electrons. The van der Waals surface area contributed by atoms with Gasteiger partial charge in [-0.1, -0.05) is 11.6 Å². The number of aryl methyl sites for hydroxylation is 1. The Kier molecular flexibility index (Phi) is 3.39. The standard InChI is InChI=1S/C12H15ClN2OS/c1-5-16-12(3,4)11-14-9(13)8-6-7(2)17-10(8)15-11/h6H,5H2,1-4H3. The average molecular weight is 271 g/mol. The Labute approximate surface area is 110 Å². The second kappa shape index (κ2) is 4.52. The van der Waals surface area contributed by atoms with E-state index in [-0.39, 0.29) is 0 Å². The van der Waals surface area contributed by atoms with E-state index in [2.05, 4.69) is 9.97 Å². The summed E-state index contributed by atoms with van der Waals surface area (Å²) in [7, 11) is 0. The summed E-state index contributed by atoms with van der Waals surface area (Å²) in [5.41, 5.74) is -0.509. The van der Waals surface area contributed by atoms with Crippen LogP contribution in [-0.4, -0.2) is 16.6 Å². The van der Waals surface area contributed by atoms with Crippen LogP contribution in [0.15, 0.2) is 6.07 Å². The molecule has 0 radical (unpaired) electrons. The molecule has 2 aromatic heterocycles. The number of hydrogen-bond donors (Lipinski definition) is 0. The highest BCUT2D eigenvalue weighted by Crippen LogP contribution is 2.31. The van der Waals surface area contributed by atoms with Crippen molar-refractivity contribution in [2.75, 3.05) is 6.61 Å². The van der Waals surface area contributed by atoms with E-state index in [1.165, 1.54) is 4.88 Å². The van der Waals surface area contributed by atoms with Crippen molar-refractivity contribution in [1.82, 2.24) is 9.97 Å². The van der Waals surface area contributed by atoms with E-state index in [1.54, 1.807) is 11.3 Å². The van der Waals surface area contributed by atoms with Crippen LogP contribution in [0.5, 0.6) is 0 Å². The van der Waals surface area contributed by atoms with Gasteiger partial charge < -0.3 is 4.74 Å². The molecule has 0 saturated heterocycles. The number of halogens is 1. The summed E-state index contributed by atoms with van der Waals surface area (Å²) in [6, 6.07) is 2.01. The van der Waals surface area contributed by atoms with Crippen molar-refractivity contribution in [3.63, 3.8) is 0 Å². The molecule has 0 bridgehead atoms. The van der Waals surface area contributed by atoms with Crippen LogP contribution in [0.1, 0.15) is 31.5 Å². The molecule has 0 aromatic carbocycles. The van der Waals surface area contributed by atoms with E-state index in [0.717, 1.165) is 10.2 Å². The number of nitrogens with zero attached hydrogens (tertiary/aromatic N) is 2. The van der Waals surface area contributed by atoms with Gasteiger partial charge in [0.15, 0.2) is 5.82 Å². The molecule has 0 N–H and O–H groups in total. The predicted molar refractivity (Wildman–Crippen MR) is 71.8 cm³/mol. The lowest BCUT2D eigenvalue weighted by Crippen LogP contribution is -2.24. The molecule has 0 aliphatic carbocycles. The first kappa shape index (κ1) is 12.7. The molecule has 0 saturated carbocycles. The molecule has 17 heavy (non-hydrogen) atoms. The van der Waals surface area contributed by atoms with E-state index in [1.807, 2.05) is 33.8 Å². The second-order valence-electron chi connectivity index (χ2n) is 4.36. The van der Waals surface area contributed by atoms with Crippen LogP contribution in [0.3, 0.4) is 0 Å². The number of fused-ring (bicyclic) bond motifs is 1. The van der Waals surface area contributed by atoms with Crippen LogP contribution < -0.4 is 0 Å². The molecule has 0 aliphatic heterocycles. The molecule has 5 heteroatoms. The highest BCUT2D eigenvalue weighted by atomic mass is 35.5. The van der Waals surface area contributed by atoms with Gasteiger partial charge in [-0.05, 0) is 33.8 Å². The lowest BCUT2D eigenvalue weighted by molar-refractivity contribution is -0.0205. The van der Waals surface area contributed by atoms with Crippen LogP contribution in [0.2, 0.25) is 5.15 Å². The lowest BCUT2D eigenvalue weighted by Gasteiger charge is -2.22.